The van der Waals surface area contributed by atoms with Gasteiger partial charge in [0.15, 0.2) is 0 Å². The van der Waals surface area contributed by atoms with E-state index in [4.69, 9.17) is 4.74 Å². The number of carbonyl (C=O) groups is 1. The smallest absolute Gasteiger partial charge is 0.220 e. The fourth-order valence-corrected chi connectivity index (χ4v) is 2.79. The van der Waals surface area contributed by atoms with Gasteiger partial charge >= 0.3 is 0 Å². The number of benzene rings is 1. The molecule has 0 aliphatic carbocycles. The third-order valence-corrected chi connectivity index (χ3v) is 4.33. The number of piperidine rings is 1. The predicted octanol–water partition coefficient (Wildman–Crippen LogP) is 2.72. The van der Waals surface area contributed by atoms with E-state index in [1.54, 1.807) is 7.11 Å². The molecule has 3 unspecified atom stereocenters. The molecule has 0 radical (unpaired) electrons. The number of hydrogen-bond acceptors (Lipinski definition) is 3. The van der Waals surface area contributed by atoms with E-state index < -0.39 is 0 Å². The van der Waals surface area contributed by atoms with Crippen LogP contribution in [0, 0.1) is 5.92 Å². The highest BCUT2D eigenvalue weighted by molar-refractivity contribution is 5.85. The minimum atomic E-state index is 0. The predicted molar refractivity (Wildman–Crippen MR) is 91.9 cm³/mol. The first-order valence-electron chi connectivity index (χ1n) is 7.74. The SMILES string of the molecule is COc1cccc(C(C)CC(=O)NC2CNCCC2C)c1.Cl. The van der Waals surface area contributed by atoms with Gasteiger partial charge in [-0.2, -0.15) is 0 Å². The molecule has 1 saturated heterocycles. The van der Waals surface area contributed by atoms with Crippen LogP contribution < -0.4 is 15.4 Å². The van der Waals surface area contributed by atoms with Crippen LogP contribution in [0.3, 0.4) is 0 Å². The summed E-state index contributed by atoms with van der Waals surface area (Å²) in [6.45, 7) is 6.21. The second-order valence-corrected chi connectivity index (χ2v) is 6.03. The highest BCUT2D eigenvalue weighted by atomic mass is 35.5. The van der Waals surface area contributed by atoms with E-state index in [0.29, 0.717) is 12.3 Å². The fourth-order valence-electron chi connectivity index (χ4n) is 2.79. The van der Waals surface area contributed by atoms with E-state index >= 15 is 0 Å². The lowest BCUT2D eigenvalue weighted by Crippen LogP contribution is -2.50. The maximum absolute atomic E-state index is 12.2. The van der Waals surface area contributed by atoms with Crippen molar-refractivity contribution in [3.8, 4) is 5.75 Å². The first-order chi connectivity index (χ1) is 10.1. The highest BCUT2D eigenvalue weighted by Crippen LogP contribution is 2.23. The molecule has 1 aliphatic heterocycles. The van der Waals surface area contributed by atoms with Crippen LogP contribution >= 0.6 is 12.4 Å². The molecular formula is C17H27ClN2O2. The fraction of sp³-hybridized carbons (Fsp3) is 0.588. The lowest BCUT2D eigenvalue weighted by Gasteiger charge is -2.30. The molecule has 0 spiro atoms. The Morgan fingerprint density at radius 2 is 2.27 bits per heavy atom. The van der Waals surface area contributed by atoms with Crippen molar-refractivity contribution in [1.82, 2.24) is 10.6 Å². The summed E-state index contributed by atoms with van der Waals surface area (Å²) in [7, 11) is 1.66. The Bertz CT molecular complexity index is 481. The van der Waals surface area contributed by atoms with Crippen molar-refractivity contribution >= 4 is 18.3 Å². The van der Waals surface area contributed by atoms with Gasteiger partial charge in [0.05, 0.1) is 7.11 Å². The Balaban J connectivity index is 0.00000242. The number of hydrogen-bond donors (Lipinski definition) is 2. The van der Waals surface area contributed by atoms with Gasteiger partial charge in [0, 0.05) is 19.0 Å². The average molecular weight is 327 g/mol. The number of ether oxygens (including phenoxy) is 1. The van der Waals surface area contributed by atoms with E-state index in [2.05, 4.69) is 24.5 Å². The monoisotopic (exact) mass is 326 g/mol. The van der Waals surface area contributed by atoms with E-state index in [9.17, 15) is 4.79 Å². The van der Waals surface area contributed by atoms with Crippen LogP contribution in [0.15, 0.2) is 24.3 Å². The van der Waals surface area contributed by atoms with Crippen molar-refractivity contribution in [2.24, 2.45) is 5.92 Å². The van der Waals surface area contributed by atoms with Gasteiger partial charge in [0.25, 0.3) is 0 Å². The van der Waals surface area contributed by atoms with Crippen molar-refractivity contribution in [3.05, 3.63) is 29.8 Å². The molecule has 1 aromatic carbocycles. The zero-order valence-electron chi connectivity index (χ0n) is 13.6. The molecule has 1 fully saturated rings. The highest BCUT2D eigenvalue weighted by Gasteiger charge is 2.23. The summed E-state index contributed by atoms with van der Waals surface area (Å²) in [5.41, 5.74) is 1.14. The molecule has 1 heterocycles. The van der Waals surface area contributed by atoms with Crippen LogP contribution in [-0.2, 0) is 4.79 Å². The van der Waals surface area contributed by atoms with E-state index in [1.165, 1.54) is 0 Å². The zero-order chi connectivity index (χ0) is 15.2. The van der Waals surface area contributed by atoms with Crippen molar-refractivity contribution in [2.45, 2.75) is 38.6 Å². The van der Waals surface area contributed by atoms with Gasteiger partial charge in [-0.05, 0) is 42.5 Å². The van der Waals surface area contributed by atoms with Crippen molar-refractivity contribution in [2.75, 3.05) is 20.2 Å². The Morgan fingerprint density at radius 1 is 1.50 bits per heavy atom. The van der Waals surface area contributed by atoms with Crippen LogP contribution in [0.4, 0.5) is 0 Å². The van der Waals surface area contributed by atoms with Crippen LogP contribution in [-0.4, -0.2) is 32.1 Å². The molecule has 1 aliphatic rings. The molecule has 1 amide bonds. The number of rotatable bonds is 5. The average Bonchev–Trinajstić information content (AvgIpc) is 2.49. The molecule has 3 atom stereocenters. The van der Waals surface area contributed by atoms with Gasteiger partial charge in [0.1, 0.15) is 5.75 Å². The van der Waals surface area contributed by atoms with Gasteiger partial charge in [-0.25, -0.2) is 0 Å². The van der Waals surface area contributed by atoms with Gasteiger partial charge in [-0.3, -0.25) is 4.79 Å². The summed E-state index contributed by atoms with van der Waals surface area (Å²) in [5.74, 6) is 1.70. The quantitative estimate of drug-likeness (QED) is 0.874. The molecular weight excluding hydrogens is 300 g/mol. The summed E-state index contributed by atoms with van der Waals surface area (Å²) in [4.78, 5) is 12.2. The summed E-state index contributed by atoms with van der Waals surface area (Å²) >= 11 is 0. The molecule has 0 bridgehead atoms. The molecule has 0 aromatic heterocycles. The summed E-state index contributed by atoms with van der Waals surface area (Å²) in [5, 5.41) is 6.50. The standard InChI is InChI=1S/C17H26N2O2.ClH/c1-12-7-8-18-11-16(12)19-17(20)9-13(2)14-5-4-6-15(10-14)21-3;/h4-6,10,12-13,16,18H,7-9,11H2,1-3H3,(H,19,20);1H. The first-order valence-corrected chi connectivity index (χ1v) is 7.74. The van der Waals surface area contributed by atoms with Crippen molar-refractivity contribution in [1.29, 1.82) is 0 Å². The van der Waals surface area contributed by atoms with E-state index in [1.807, 2.05) is 24.3 Å². The van der Waals surface area contributed by atoms with Crippen LogP contribution in [0.1, 0.15) is 38.2 Å². The molecule has 5 heteroatoms. The molecule has 0 saturated carbocycles. The first kappa shape index (κ1) is 18.8. The lowest BCUT2D eigenvalue weighted by molar-refractivity contribution is -0.122. The lowest BCUT2D eigenvalue weighted by atomic mass is 9.93. The Kier molecular flexibility index (Phi) is 7.69. The van der Waals surface area contributed by atoms with Crippen molar-refractivity contribution < 1.29 is 9.53 Å². The second kappa shape index (κ2) is 9.01. The minimum absolute atomic E-state index is 0. The van der Waals surface area contributed by atoms with E-state index in [-0.39, 0.29) is 30.3 Å². The number of methoxy groups -OCH3 is 1. The molecule has 22 heavy (non-hydrogen) atoms. The van der Waals surface area contributed by atoms with Gasteiger partial charge in [-0.1, -0.05) is 26.0 Å². The maximum Gasteiger partial charge on any atom is 0.220 e. The summed E-state index contributed by atoms with van der Waals surface area (Å²) in [6, 6.07) is 8.19. The van der Waals surface area contributed by atoms with Gasteiger partial charge in [-0.15, -0.1) is 12.4 Å². The third kappa shape index (κ3) is 5.18. The van der Waals surface area contributed by atoms with Crippen LogP contribution in [0.5, 0.6) is 5.75 Å². The molecule has 1 aromatic rings. The number of amides is 1. The molecule has 4 nitrogen and oxygen atoms in total. The maximum atomic E-state index is 12.2. The second-order valence-electron chi connectivity index (χ2n) is 6.03. The van der Waals surface area contributed by atoms with Crippen molar-refractivity contribution in [3.63, 3.8) is 0 Å². The topological polar surface area (TPSA) is 50.4 Å². The van der Waals surface area contributed by atoms with E-state index in [0.717, 1.165) is 30.8 Å². The number of carbonyl (C=O) groups excluding carboxylic acids is 1. The van der Waals surface area contributed by atoms with Gasteiger partial charge < -0.3 is 15.4 Å². The Labute approximate surface area is 139 Å². The van der Waals surface area contributed by atoms with Gasteiger partial charge in [0.2, 0.25) is 5.91 Å². The number of nitrogens with one attached hydrogen (secondary N) is 2. The third-order valence-electron chi connectivity index (χ3n) is 4.33. The molecule has 2 rings (SSSR count). The summed E-state index contributed by atoms with van der Waals surface area (Å²) < 4.78 is 5.24. The number of halogens is 1. The van der Waals surface area contributed by atoms with Crippen LogP contribution in [0.2, 0.25) is 0 Å². The molecule has 2 N–H and O–H groups in total. The normalized spacial score (nSPS) is 22.3. The summed E-state index contributed by atoms with van der Waals surface area (Å²) in [6.07, 6.45) is 1.63. The Hall–Kier alpha value is -1.26. The molecule has 124 valence electrons. The Morgan fingerprint density at radius 3 is 2.95 bits per heavy atom. The van der Waals surface area contributed by atoms with Crippen LogP contribution in [0.25, 0.3) is 0 Å². The zero-order valence-corrected chi connectivity index (χ0v) is 14.4. The largest absolute Gasteiger partial charge is 0.497 e. The minimum Gasteiger partial charge on any atom is -0.497 e.